The Labute approximate surface area is 144 Å². The molecule has 1 heterocycles. The highest BCUT2D eigenvalue weighted by Crippen LogP contribution is 2.30. The van der Waals surface area contributed by atoms with E-state index < -0.39 is 17.6 Å². The standard InChI is InChI=1S/C18H19F3N2O2/c1-17(2,3)11-25-14-7-5-4-6-13(14)16(24)23-15-10-12(8-9-22-15)18(19,20)21/h4-10H,11H2,1-3H3,(H,22,23,24). The number of ether oxygens (including phenoxy) is 1. The van der Waals surface area contributed by atoms with E-state index in [1.807, 2.05) is 20.8 Å². The summed E-state index contributed by atoms with van der Waals surface area (Å²) in [5, 5.41) is 2.38. The SMILES string of the molecule is CC(C)(C)COc1ccccc1C(=O)Nc1cc(C(F)(F)F)ccn1. The van der Waals surface area contributed by atoms with Gasteiger partial charge in [0.05, 0.1) is 17.7 Å². The van der Waals surface area contributed by atoms with Gasteiger partial charge in [0.25, 0.3) is 5.91 Å². The normalized spacial score (nSPS) is 11.9. The Morgan fingerprint density at radius 3 is 2.48 bits per heavy atom. The lowest BCUT2D eigenvalue weighted by Crippen LogP contribution is -2.20. The third-order valence-electron chi connectivity index (χ3n) is 3.12. The van der Waals surface area contributed by atoms with Crippen LogP contribution < -0.4 is 10.1 Å². The fourth-order valence-corrected chi connectivity index (χ4v) is 1.93. The fraction of sp³-hybridized carbons (Fsp3) is 0.333. The van der Waals surface area contributed by atoms with Gasteiger partial charge >= 0.3 is 6.18 Å². The van der Waals surface area contributed by atoms with Crippen LogP contribution >= 0.6 is 0 Å². The number of hydrogen-bond donors (Lipinski definition) is 1. The Balaban J connectivity index is 2.19. The molecule has 1 N–H and O–H groups in total. The molecule has 0 saturated carbocycles. The second-order valence-corrected chi connectivity index (χ2v) is 6.73. The second-order valence-electron chi connectivity index (χ2n) is 6.73. The minimum absolute atomic E-state index is 0.105. The molecule has 0 atom stereocenters. The van der Waals surface area contributed by atoms with Gasteiger partial charge in [0.1, 0.15) is 11.6 Å². The summed E-state index contributed by atoms with van der Waals surface area (Å²) in [6.45, 7) is 6.35. The average molecular weight is 352 g/mol. The molecular formula is C18H19F3N2O2. The van der Waals surface area contributed by atoms with E-state index in [0.717, 1.165) is 18.3 Å². The van der Waals surface area contributed by atoms with Gasteiger partial charge in [0.2, 0.25) is 0 Å². The first-order valence-corrected chi connectivity index (χ1v) is 7.63. The number of aromatic nitrogens is 1. The molecule has 25 heavy (non-hydrogen) atoms. The van der Waals surface area contributed by atoms with E-state index in [4.69, 9.17) is 4.74 Å². The number of carbonyl (C=O) groups is 1. The number of amides is 1. The summed E-state index contributed by atoms with van der Waals surface area (Å²) < 4.78 is 43.9. The maximum absolute atomic E-state index is 12.7. The van der Waals surface area contributed by atoms with Gasteiger partial charge in [0.15, 0.2) is 0 Å². The Morgan fingerprint density at radius 2 is 1.84 bits per heavy atom. The Hall–Kier alpha value is -2.57. The summed E-state index contributed by atoms with van der Waals surface area (Å²) in [4.78, 5) is 16.2. The molecule has 2 rings (SSSR count). The zero-order chi connectivity index (χ0) is 18.7. The number of benzene rings is 1. The summed E-state index contributed by atoms with van der Waals surface area (Å²) in [7, 11) is 0. The predicted octanol–water partition coefficient (Wildman–Crippen LogP) is 4.78. The third kappa shape index (κ3) is 5.48. The smallest absolute Gasteiger partial charge is 0.416 e. The van der Waals surface area contributed by atoms with Crippen molar-refractivity contribution in [3.8, 4) is 5.75 Å². The van der Waals surface area contributed by atoms with Crippen molar-refractivity contribution in [3.63, 3.8) is 0 Å². The van der Waals surface area contributed by atoms with Gasteiger partial charge in [-0.05, 0) is 29.7 Å². The Morgan fingerprint density at radius 1 is 1.16 bits per heavy atom. The third-order valence-corrected chi connectivity index (χ3v) is 3.12. The first-order valence-electron chi connectivity index (χ1n) is 7.63. The number of nitrogens with one attached hydrogen (secondary N) is 1. The largest absolute Gasteiger partial charge is 0.492 e. The van der Waals surface area contributed by atoms with Crippen molar-refractivity contribution in [2.75, 3.05) is 11.9 Å². The zero-order valence-corrected chi connectivity index (χ0v) is 14.1. The molecule has 4 nitrogen and oxygen atoms in total. The van der Waals surface area contributed by atoms with Crippen LogP contribution in [0, 0.1) is 5.41 Å². The maximum atomic E-state index is 12.7. The lowest BCUT2D eigenvalue weighted by molar-refractivity contribution is -0.137. The van der Waals surface area contributed by atoms with Crippen molar-refractivity contribution in [3.05, 3.63) is 53.7 Å². The van der Waals surface area contributed by atoms with Gasteiger partial charge in [-0.25, -0.2) is 4.98 Å². The zero-order valence-electron chi connectivity index (χ0n) is 14.1. The molecule has 1 aromatic carbocycles. The molecule has 1 amide bonds. The van der Waals surface area contributed by atoms with Crippen LogP contribution in [0.25, 0.3) is 0 Å². The number of nitrogens with zero attached hydrogens (tertiary/aromatic N) is 1. The van der Waals surface area contributed by atoms with Crippen molar-refractivity contribution in [2.45, 2.75) is 26.9 Å². The number of pyridine rings is 1. The number of hydrogen-bond acceptors (Lipinski definition) is 3. The quantitative estimate of drug-likeness (QED) is 0.862. The van der Waals surface area contributed by atoms with Crippen molar-refractivity contribution >= 4 is 11.7 Å². The van der Waals surface area contributed by atoms with Crippen molar-refractivity contribution < 1.29 is 22.7 Å². The second kappa shape index (κ2) is 7.13. The first kappa shape index (κ1) is 18.8. The maximum Gasteiger partial charge on any atom is 0.416 e. The van der Waals surface area contributed by atoms with Gasteiger partial charge in [0, 0.05) is 6.20 Å². The average Bonchev–Trinajstić information content (AvgIpc) is 2.52. The molecule has 0 spiro atoms. The van der Waals surface area contributed by atoms with Crippen molar-refractivity contribution in [1.82, 2.24) is 4.98 Å². The van der Waals surface area contributed by atoms with Gasteiger partial charge in [-0.3, -0.25) is 4.79 Å². The number of halogens is 3. The highest BCUT2D eigenvalue weighted by Gasteiger charge is 2.31. The van der Waals surface area contributed by atoms with E-state index >= 15 is 0 Å². The number of alkyl halides is 3. The van der Waals surface area contributed by atoms with E-state index in [0.29, 0.717) is 12.4 Å². The summed E-state index contributed by atoms with van der Waals surface area (Å²) in [6.07, 6.45) is -3.50. The molecular weight excluding hydrogens is 333 g/mol. The topological polar surface area (TPSA) is 51.2 Å². The van der Waals surface area contributed by atoms with Crippen molar-refractivity contribution in [1.29, 1.82) is 0 Å². The number of anilines is 1. The first-order chi connectivity index (χ1) is 11.6. The minimum atomic E-state index is -4.50. The molecule has 2 aromatic rings. The molecule has 1 aromatic heterocycles. The molecule has 0 fully saturated rings. The van der Waals surface area contributed by atoms with Gasteiger partial charge < -0.3 is 10.1 Å². The molecule has 134 valence electrons. The summed E-state index contributed by atoms with van der Waals surface area (Å²) >= 11 is 0. The number of carbonyl (C=O) groups excluding carboxylic acids is 1. The van der Waals surface area contributed by atoms with E-state index in [1.54, 1.807) is 24.3 Å². The molecule has 0 aliphatic carbocycles. The molecule has 0 saturated heterocycles. The van der Waals surface area contributed by atoms with Crippen LogP contribution in [0.1, 0.15) is 36.7 Å². The molecule has 0 unspecified atom stereocenters. The van der Waals surface area contributed by atoms with Gasteiger partial charge in [-0.2, -0.15) is 13.2 Å². The van der Waals surface area contributed by atoms with Crippen LogP contribution in [-0.4, -0.2) is 17.5 Å². The lowest BCUT2D eigenvalue weighted by Gasteiger charge is -2.20. The molecule has 0 aliphatic heterocycles. The summed E-state index contributed by atoms with van der Waals surface area (Å²) in [5.74, 6) is -0.399. The van der Waals surface area contributed by atoms with E-state index in [-0.39, 0.29) is 16.8 Å². The summed E-state index contributed by atoms with van der Waals surface area (Å²) in [5.41, 5.74) is -0.757. The van der Waals surface area contributed by atoms with Crippen LogP contribution in [0.3, 0.4) is 0 Å². The Bertz CT molecular complexity index is 752. The van der Waals surface area contributed by atoms with Gasteiger partial charge in [-0.15, -0.1) is 0 Å². The highest BCUT2D eigenvalue weighted by atomic mass is 19.4. The lowest BCUT2D eigenvalue weighted by atomic mass is 9.98. The van der Waals surface area contributed by atoms with E-state index in [2.05, 4.69) is 10.3 Å². The fourth-order valence-electron chi connectivity index (χ4n) is 1.93. The van der Waals surface area contributed by atoms with Crippen molar-refractivity contribution in [2.24, 2.45) is 5.41 Å². The van der Waals surface area contributed by atoms with E-state index in [9.17, 15) is 18.0 Å². The van der Waals surface area contributed by atoms with Crippen LogP contribution in [0.5, 0.6) is 5.75 Å². The van der Waals surface area contributed by atoms with Crippen LogP contribution in [0.2, 0.25) is 0 Å². The molecule has 0 bridgehead atoms. The minimum Gasteiger partial charge on any atom is -0.492 e. The molecule has 0 aliphatic rings. The number of para-hydroxylation sites is 1. The molecule has 7 heteroatoms. The summed E-state index contributed by atoms with van der Waals surface area (Å²) in [6, 6.07) is 8.18. The van der Waals surface area contributed by atoms with Crippen LogP contribution in [0.4, 0.5) is 19.0 Å². The van der Waals surface area contributed by atoms with Gasteiger partial charge in [-0.1, -0.05) is 32.9 Å². The Kier molecular flexibility index (Phi) is 5.35. The van der Waals surface area contributed by atoms with Crippen LogP contribution in [0.15, 0.2) is 42.6 Å². The predicted molar refractivity (Wildman–Crippen MR) is 88.6 cm³/mol. The molecule has 0 radical (unpaired) electrons. The van der Waals surface area contributed by atoms with Crippen LogP contribution in [-0.2, 0) is 6.18 Å². The number of rotatable bonds is 4. The van der Waals surface area contributed by atoms with E-state index in [1.165, 1.54) is 0 Å². The highest BCUT2D eigenvalue weighted by molar-refractivity contribution is 6.05. The monoisotopic (exact) mass is 352 g/mol.